The van der Waals surface area contributed by atoms with Crippen LogP contribution in [0.15, 0.2) is 0 Å². The Balaban J connectivity index is -0.000000256. The van der Waals surface area contributed by atoms with Crippen LogP contribution in [0.25, 0.3) is 0 Å². The van der Waals surface area contributed by atoms with Crippen LogP contribution in [0.5, 0.6) is 0 Å². The predicted octanol–water partition coefficient (Wildman–Crippen LogP) is 2.21. The maximum Gasteiger partial charge on any atom is 0.104 e. The van der Waals surface area contributed by atoms with Crippen LogP contribution >= 0.6 is 0 Å². The molecule has 4 nitrogen and oxygen atoms in total. The zero-order chi connectivity index (χ0) is 14.2. The number of aliphatic hydroxyl groups is 2. The molecule has 0 heterocycles. The van der Waals surface area contributed by atoms with E-state index in [0.717, 1.165) is 51.6 Å². The van der Waals surface area contributed by atoms with E-state index in [0.29, 0.717) is 0 Å². The van der Waals surface area contributed by atoms with Gasteiger partial charge in [0.25, 0.3) is 0 Å². The van der Waals surface area contributed by atoms with Gasteiger partial charge in [0.1, 0.15) is 12.5 Å². The smallest absolute Gasteiger partial charge is 0.104 e. The zero-order valence-electron chi connectivity index (χ0n) is 13.0. The molecule has 4 N–H and O–H groups in total. The summed E-state index contributed by atoms with van der Waals surface area (Å²) in [7, 11) is 0. The van der Waals surface area contributed by atoms with E-state index in [-0.39, 0.29) is 28.9 Å². The van der Waals surface area contributed by atoms with E-state index in [1.807, 2.05) is 0 Å². The number of rotatable bonds is 10. The summed E-state index contributed by atoms with van der Waals surface area (Å²) in [5.74, 6) is 0. The third-order valence-corrected chi connectivity index (χ3v) is 2.38. The van der Waals surface area contributed by atoms with Crippen molar-refractivity contribution < 1.29 is 26.7 Å². The van der Waals surface area contributed by atoms with Crippen molar-refractivity contribution in [2.45, 2.75) is 78.7 Å². The van der Waals surface area contributed by atoms with Gasteiger partial charge in [0.05, 0.1) is 0 Å². The Kier molecular flexibility index (Phi) is 26.5. The molecule has 0 aliphatic carbocycles. The van der Waals surface area contributed by atoms with Gasteiger partial charge in [0.2, 0.25) is 0 Å². The van der Waals surface area contributed by atoms with Crippen molar-refractivity contribution >= 4 is 0 Å². The fourth-order valence-electron chi connectivity index (χ4n) is 1.37. The molecule has 0 saturated heterocycles. The Labute approximate surface area is 129 Å². The fraction of sp³-hybridized carbons (Fsp3) is 1.00. The van der Waals surface area contributed by atoms with Crippen molar-refractivity contribution in [3.05, 3.63) is 0 Å². The first-order valence-corrected chi connectivity index (χ1v) is 7.45. The van der Waals surface area contributed by atoms with Gasteiger partial charge in [0.15, 0.2) is 0 Å². The molecule has 0 aliphatic heterocycles. The quantitative estimate of drug-likeness (QED) is 0.368. The molecule has 2 unspecified atom stereocenters. The molecule has 0 fully saturated rings. The monoisotopic (exact) mass is 320 g/mol. The molecule has 0 saturated carbocycles. The minimum atomic E-state index is -0.282. The van der Waals surface area contributed by atoms with Crippen LogP contribution in [0.2, 0.25) is 0 Å². The van der Waals surface area contributed by atoms with Gasteiger partial charge in [0, 0.05) is 16.5 Å². The molecule has 0 radical (unpaired) electrons. The normalized spacial score (nSPS) is 12.9. The van der Waals surface area contributed by atoms with Gasteiger partial charge in [-0.1, -0.05) is 40.5 Å². The topological polar surface area (TPSA) is 64.5 Å². The zero-order valence-corrected chi connectivity index (χ0v) is 14.0. The molecule has 0 aromatic carbocycles. The maximum absolute atomic E-state index is 9.07. The molecule has 0 aromatic rings. The Morgan fingerprint density at radius 3 is 1.21 bits per heavy atom. The predicted molar refractivity (Wildman–Crippen MR) is 78.4 cm³/mol. The largest absolute Gasteiger partial charge is 0.379 e. The van der Waals surface area contributed by atoms with Crippen molar-refractivity contribution in [3.8, 4) is 0 Å². The average molecular weight is 321 g/mol. The molecule has 0 bridgehead atoms. The molecule has 0 aromatic heterocycles. The summed E-state index contributed by atoms with van der Waals surface area (Å²) in [5, 5.41) is 24.1. The summed E-state index contributed by atoms with van der Waals surface area (Å²) in [6, 6.07) is 0. The Hall–Kier alpha value is 0.334. The van der Waals surface area contributed by atoms with Crippen molar-refractivity contribution in [2.24, 2.45) is 0 Å². The van der Waals surface area contributed by atoms with E-state index in [4.69, 9.17) is 10.2 Å². The van der Waals surface area contributed by atoms with E-state index < -0.39 is 0 Å². The van der Waals surface area contributed by atoms with E-state index in [1.54, 1.807) is 0 Å². The van der Waals surface area contributed by atoms with Gasteiger partial charge in [-0.05, 0) is 38.8 Å². The minimum Gasteiger partial charge on any atom is -0.379 e. The molecule has 0 aliphatic rings. The average Bonchev–Trinajstić information content (AvgIpc) is 2.35. The van der Waals surface area contributed by atoms with Crippen LogP contribution in [-0.2, 0) is 16.5 Å². The Bertz CT molecular complexity index is 135. The molecule has 122 valence electrons. The van der Waals surface area contributed by atoms with Crippen LogP contribution in [0, 0.1) is 0 Å². The van der Waals surface area contributed by atoms with Crippen LogP contribution in [0.1, 0.15) is 66.2 Å². The Morgan fingerprint density at radius 1 is 0.684 bits per heavy atom. The second-order valence-electron chi connectivity index (χ2n) is 4.52. The van der Waals surface area contributed by atoms with E-state index in [9.17, 15) is 0 Å². The van der Waals surface area contributed by atoms with Crippen molar-refractivity contribution in [2.75, 3.05) is 13.1 Å². The SMILES string of the molecule is CCCNC(O)CCC.CCCNC(O)CCC.[Ni]. The summed E-state index contributed by atoms with van der Waals surface area (Å²) in [4.78, 5) is 0. The van der Waals surface area contributed by atoms with E-state index >= 15 is 0 Å². The molecular weight excluding hydrogens is 287 g/mol. The minimum absolute atomic E-state index is 0. The van der Waals surface area contributed by atoms with Gasteiger partial charge in [-0.25, -0.2) is 0 Å². The first-order valence-electron chi connectivity index (χ1n) is 7.45. The van der Waals surface area contributed by atoms with Crippen molar-refractivity contribution in [3.63, 3.8) is 0 Å². The van der Waals surface area contributed by atoms with E-state index in [1.165, 1.54) is 0 Å². The first kappa shape index (κ1) is 24.4. The number of nitrogens with one attached hydrogen (secondary N) is 2. The first-order chi connectivity index (χ1) is 8.62. The van der Waals surface area contributed by atoms with Crippen molar-refractivity contribution in [1.29, 1.82) is 0 Å². The van der Waals surface area contributed by atoms with Crippen LogP contribution < -0.4 is 10.6 Å². The number of aliphatic hydroxyl groups excluding tert-OH is 2. The summed E-state index contributed by atoms with van der Waals surface area (Å²) in [5.41, 5.74) is 0. The standard InChI is InChI=1S/2C7H17NO.Ni/c2*1-3-5-7(9)8-6-4-2;/h2*7-9H,3-6H2,1-2H3;. The van der Waals surface area contributed by atoms with Crippen LogP contribution in [-0.4, -0.2) is 35.8 Å². The van der Waals surface area contributed by atoms with Crippen LogP contribution in [0.3, 0.4) is 0 Å². The Morgan fingerprint density at radius 2 is 1.00 bits per heavy atom. The van der Waals surface area contributed by atoms with Gasteiger partial charge in [-0.2, -0.15) is 0 Å². The van der Waals surface area contributed by atoms with E-state index in [2.05, 4.69) is 38.3 Å². The van der Waals surface area contributed by atoms with Crippen LogP contribution in [0.4, 0.5) is 0 Å². The van der Waals surface area contributed by atoms with Gasteiger partial charge in [-0.15, -0.1) is 0 Å². The second-order valence-corrected chi connectivity index (χ2v) is 4.52. The summed E-state index contributed by atoms with van der Waals surface area (Å²) < 4.78 is 0. The molecule has 0 amide bonds. The number of hydrogen-bond donors (Lipinski definition) is 4. The summed E-state index contributed by atoms with van der Waals surface area (Å²) >= 11 is 0. The summed E-state index contributed by atoms with van der Waals surface area (Å²) in [6.45, 7) is 10.1. The third kappa shape index (κ3) is 23.8. The molecule has 0 rings (SSSR count). The van der Waals surface area contributed by atoms with Gasteiger partial charge < -0.3 is 10.2 Å². The molecule has 2 atom stereocenters. The molecule has 0 spiro atoms. The second kappa shape index (κ2) is 20.6. The van der Waals surface area contributed by atoms with Crippen molar-refractivity contribution in [1.82, 2.24) is 10.6 Å². The van der Waals surface area contributed by atoms with Gasteiger partial charge in [-0.3, -0.25) is 10.6 Å². The molecule has 19 heavy (non-hydrogen) atoms. The summed E-state index contributed by atoms with van der Waals surface area (Å²) in [6.07, 6.45) is 5.40. The maximum atomic E-state index is 9.07. The number of hydrogen-bond acceptors (Lipinski definition) is 4. The third-order valence-electron chi connectivity index (χ3n) is 2.38. The molecule has 5 heteroatoms. The fourth-order valence-corrected chi connectivity index (χ4v) is 1.37. The molecular formula is C14H34N2NiO2. The van der Waals surface area contributed by atoms with Gasteiger partial charge >= 0.3 is 0 Å².